The van der Waals surface area contributed by atoms with E-state index in [4.69, 9.17) is 0 Å². The quantitative estimate of drug-likeness (QED) is 0.852. The van der Waals surface area contributed by atoms with Gasteiger partial charge in [0.25, 0.3) is 0 Å². The Morgan fingerprint density at radius 2 is 1.63 bits per heavy atom. The number of aryl methyl sites for hydroxylation is 3. The first-order chi connectivity index (χ1) is 8.97. The lowest BCUT2D eigenvalue weighted by molar-refractivity contribution is -0.114. The van der Waals surface area contributed by atoms with Crippen LogP contribution >= 0.6 is 0 Å². The molecule has 0 atom stereocenters. The lowest BCUT2D eigenvalue weighted by Crippen LogP contribution is -2.05. The third-order valence-electron chi connectivity index (χ3n) is 3.15. The van der Waals surface area contributed by atoms with Gasteiger partial charge >= 0.3 is 0 Å². The predicted octanol–water partition coefficient (Wildman–Crippen LogP) is 4.24. The molecule has 2 aromatic rings. The van der Waals surface area contributed by atoms with Crippen LogP contribution in [-0.2, 0) is 4.79 Å². The first kappa shape index (κ1) is 13.3. The molecule has 0 spiro atoms. The molecule has 0 aliphatic heterocycles. The maximum atomic E-state index is 11.1. The van der Waals surface area contributed by atoms with Gasteiger partial charge in [-0.15, -0.1) is 0 Å². The number of amides is 1. The average Bonchev–Trinajstić information content (AvgIpc) is 2.26. The number of anilines is 1. The monoisotopic (exact) mass is 253 g/mol. The zero-order valence-electron chi connectivity index (χ0n) is 11.9. The van der Waals surface area contributed by atoms with Gasteiger partial charge in [-0.25, -0.2) is 0 Å². The van der Waals surface area contributed by atoms with Gasteiger partial charge in [0.1, 0.15) is 0 Å². The third kappa shape index (κ3) is 3.02. The predicted molar refractivity (Wildman–Crippen MR) is 80.4 cm³/mol. The van der Waals surface area contributed by atoms with Crippen molar-refractivity contribution < 1.29 is 4.79 Å². The van der Waals surface area contributed by atoms with Crippen LogP contribution in [-0.4, -0.2) is 5.91 Å². The molecule has 98 valence electrons. The van der Waals surface area contributed by atoms with Crippen molar-refractivity contribution in [3.63, 3.8) is 0 Å². The highest BCUT2D eigenvalue weighted by molar-refractivity contribution is 5.89. The van der Waals surface area contributed by atoms with Gasteiger partial charge in [0.2, 0.25) is 5.91 Å². The summed E-state index contributed by atoms with van der Waals surface area (Å²) in [4.78, 5) is 11.1. The Bertz CT molecular complexity index is 606. The molecule has 2 aromatic carbocycles. The number of rotatable bonds is 2. The molecule has 0 saturated heterocycles. The van der Waals surface area contributed by atoms with Gasteiger partial charge in [-0.1, -0.05) is 29.8 Å². The molecule has 0 aromatic heterocycles. The number of carbonyl (C=O) groups excluding carboxylic acids is 1. The van der Waals surface area contributed by atoms with Crippen LogP contribution in [0.5, 0.6) is 0 Å². The molecular weight excluding hydrogens is 234 g/mol. The maximum absolute atomic E-state index is 11.1. The van der Waals surface area contributed by atoms with Crippen LogP contribution in [0, 0.1) is 20.8 Å². The van der Waals surface area contributed by atoms with Crippen molar-refractivity contribution in [2.45, 2.75) is 27.7 Å². The van der Waals surface area contributed by atoms with E-state index in [2.05, 4.69) is 44.3 Å². The molecule has 19 heavy (non-hydrogen) atoms. The molecule has 0 fully saturated rings. The summed E-state index contributed by atoms with van der Waals surface area (Å²) in [5, 5.41) is 2.83. The van der Waals surface area contributed by atoms with Crippen molar-refractivity contribution in [2.24, 2.45) is 0 Å². The van der Waals surface area contributed by atoms with Crippen molar-refractivity contribution >= 4 is 11.6 Å². The molecule has 0 aliphatic rings. The Kier molecular flexibility index (Phi) is 3.70. The van der Waals surface area contributed by atoms with Crippen LogP contribution in [0.1, 0.15) is 23.6 Å². The number of hydrogen-bond acceptors (Lipinski definition) is 1. The van der Waals surface area contributed by atoms with Crippen molar-refractivity contribution in [2.75, 3.05) is 5.32 Å². The first-order valence-electron chi connectivity index (χ1n) is 6.43. The second kappa shape index (κ2) is 5.27. The van der Waals surface area contributed by atoms with Crippen LogP contribution in [0.15, 0.2) is 36.4 Å². The molecule has 0 unspecified atom stereocenters. The van der Waals surface area contributed by atoms with E-state index < -0.39 is 0 Å². The summed E-state index contributed by atoms with van der Waals surface area (Å²) < 4.78 is 0. The van der Waals surface area contributed by atoms with Gasteiger partial charge in [0.15, 0.2) is 0 Å². The SMILES string of the molecule is CC(=O)Nc1cccc(-c2c(C)cc(C)cc2C)c1. The van der Waals surface area contributed by atoms with Gasteiger partial charge in [0.05, 0.1) is 0 Å². The highest BCUT2D eigenvalue weighted by atomic mass is 16.1. The Balaban J connectivity index is 2.50. The number of carbonyl (C=O) groups is 1. The maximum Gasteiger partial charge on any atom is 0.221 e. The standard InChI is InChI=1S/C17H19NO/c1-11-8-12(2)17(13(3)9-11)15-6-5-7-16(10-15)18-14(4)19/h5-10H,1-4H3,(H,18,19). The summed E-state index contributed by atoms with van der Waals surface area (Å²) in [6.07, 6.45) is 0. The fourth-order valence-corrected chi connectivity index (χ4v) is 2.59. The molecule has 0 bridgehead atoms. The molecule has 0 saturated carbocycles. The summed E-state index contributed by atoms with van der Waals surface area (Å²) >= 11 is 0. The molecule has 1 amide bonds. The lowest BCUT2D eigenvalue weighted by Gasteiger charge is -2.13. The van der Waals surface area contributed by atoms with E-state index in [9.17, 15) is 4.79 Å². The summed E-state index contributed by atoms with van der Waals surface area (Å²) in [7, 11) is 0. The minimum atomic E-state index is -0.0468. The van der Waals surface area contributed by atoms with Crippen molar-refractivity contribution in [1.82, 2.24) is 0 Å². The second-order valence-electron chi connectivity index (χ2n) is 5.04. The molecule has 2 nitrogen and oxygen atoms in total. The van der Waals surface area contributed by atoms with E-state index in [1.54, 1.807) is 0 Å². The third-order valence-corrected chi connectivity index (χ3v) is 3.15. The van der Waals surface area contributed by atoms with E-state index >= 15 is 0 Å². The summed E-state index contributed by atoms with van der Waals surface area (Å²) in [5.41, 5.74) is 7.02. The van der Waals surface area contributed by atoms with Crippen molar-refractivity contribution in [3.8, 4) is 11.1 Å². The Hall–Kier alpha value is -2.09. The molecule has 1 N–H and O–H groups in total. The van der Waals surface area contributed by atoms with Gasteiger partial charge in [-0.2, -0.15) is 0 Å². The van der Waals surface area contributed by atoms with E-state index in [-0.39, 0.29) is 5.91 Å². The highest BCUT2D eigenvalue weighted by Gasteiger charge is 2.07. The van der Waals surface area contributed by atoms with Gasteiger partial charge in [0, 0.05) is 12.6 Å². The van der Waals surface area contributed by atoms with Crippen LogP contribution in [0.2, 0.25) is 0 Å². The highest BCUT2D eigenvalue weighted by Crippen LogP contribution is 2.29. The first-order valence-corrected chi connectivity index (χ1v) is 6.43. The number of benzene rings is 2. The molecule has 0 radical (unpaired) electrons. The number of hydrogen-bond donors (Lipinski definition) is 1. The summed E-state index contributed by atoms with van der Waals surface area (Å²) in [6.45, 7) is 7.88. The van der Waals surface area contributed by atoms with Crippen LogP contribution in [0.4, 0.5) is 5.69 Å². The molecular formula is C17H19NO. The van der Waals surface area contributed by atoms with Gasteiger partial charge in [-0.3, -0.25) is 4.79 Å². The molecule has 0 aliphatic carbocycles. The zero-order chi connectivity index (χ0) is 14.0. The summed E-state index contributed by atoms with van der Waals surface area (Å²) in [5.74, 6) is -0.0468. The van der Waals surface area contributed by atoms with Crippen LogP contribution in [0.25, 0.3) is 11.1 Å². The molecule has 0 heterocycles. The second-order valence-corrected chi connectivity index (χ2v) is 5.04. The Morgan fingerprint density at radius 1 is 1.00 bits per heavy atom. The normalized spacial score (nSPS) is 10.3. The van der Waals surface area contributed by atoms with E-state index in [1.807, 2.05) is 18.2 Å². The van der Waals surface area contributed by atoms with E-state index in [1.165, 1.54) is 29.2 Å². The fourth-order valence-electron chi connectivity index (χ4n) is 2.59. The number of nitrogens with one attached hydrogen (secondary N) is 1. The zero-order valence-corrected chi connectivity index (χ0v) is 11.9. The average molecular weight is 253 g/mol. The van der Waals surface area contributed by atoms with Crippen LogP contribution < -0.4 is 5.32 Å². The molecule has 2 heteroatoms. The summed E-state index contributed by atoms with van der Waals surface area (Å²) in [6, 6.07) is 12.4. The van der Waals surface area contributed by atoms with Crippen molar-refractivity contribution in [1.29, 1.82) is 0 Å². The van der Waals surface area contributed by atoms with Crippen LogP contribution in [0.3, 0.4) is 0 Å². The topological polar surface area (TPSA) is 29.1 Å². The van der Waals surface area contributed by atoms with Gasteiger partial charge in [-0.05, 0) is 55.2 Å². The van der Waals surface area contributed by atoms with Crippen molar-refractivity contribution in [3.05, 3.63) is 53.1 Å². The van der Waals surface area contributed by atoms with E-state index in [0.29, 0.717) is 0 Å². The Labute approximate surface area is 114 Å². The van der Waals surface area contributed by atoms with Gasteiger partial charge < -0.3 is 5.32 Å². The van der Waals surface area contributed by atoms with E-state index in [0.717, 1.165) is 11.3 Å². The minimum Gasteiger partial charge on any atom is -0.326 e. The smallest absolute Gasteiger partial charge is 0.221 e. The largest absolute Gasteiger partial charge is 0.326 e. The lowest BCUT2D eigenvalue weighted by atomic mass is 9.93. The Morgan fingerprint density at radius 3 is 2.21 bits per heavy atom. The minimum absolute atomic E-state index is 0.0468. The fraction of sp³-hybridized carbons (Fsp3) is 0.235. The molecule has 2 rings (SSSR count).